The van der Waals surface area contributed by atoms with E-state index in [2.05, 4.69) is 26.1 Å². The van der Waals surface area contributed by atoms with Crippen molar-refractivity contribution in [3.05, 3.63) is 22.7 Å². The molecule has 0 radical (unpaired) electrons. The van der Waals surface area contributed by atoms with Gasteiger partial charge in [0.2, 0.25) is 0 Å². The molecule has 0 aromatic heterocycles. The third-order valence-electron chi connectivity index (χ3n) is 3.41. The second-order valence-electron chi connectivity index (χ2n) is 4.53. The summed E-state index contributed by atoms with van der Waals surface area (Å²) in [6.07, 6.45) is 0.769. The van der Waals surface area contributed by atoms with Gasteiger partial charge in [-0.25, -0.2) is 0 Å². The Morgan fingerprint density at radius 1 is 1.53 bits per heavy atom. The summed E-state index contributed by atoms with van der Waals surface area (Å²) in [6, 6.07) is 6.26. The molecule has 0 saturated heterocycles. The van der Waals surface area contributed by atoms with Gasteiger partial charge in [0.05, 0.1) is 17.3 Å². The number of fused-ring (bicyclic) bond motifs is 1. The number of carbonyl (C=O) groups is 1. The van der Waals surface area contributed by atoms with Crippen LogP contribution in [0.3, 0.4) is 0 Å². The van der Waals surface area contributed by atoms with Crippen molar-refractivity contribution < 1.29 is 9.90 Å². The van der Waals surface area contributed by atoms with E-state index in [-0.39, 0.29) is 12.0 Å². The highest BCUT2D eigenvalue weighted by Crippen LogP contribution is 2.42. The molecule has 3 rings (SSSR count). The molecule has 1 aromatic rings. The maximum Gasteiger partial charge on any atom is 0.308 e. The number of rotatable bonds is 2. The Morgan fingerprint density at radius 3 is 3.06 bits per heavy atom. The van der Waals surface area contributed by atoms with E-state index in [1.54, 1.807) is 0 Å². The number of hydrogen-bond acceptors (Lipinski definition) is 3. The third-order valence-corrected chi connectivity index (χ3v) is 3.90. The molecule has 2 atom stereocenters. The maximum atomic E-state index is 10.9. The van der Waals surface area contributed by atoms with Crippen LogP contribution in [0.4, 0.5) is 11.4 Å². The maximum absolute atomic E-state index is 10.9. The number of hydrogen-bond donors (Lipinski definition) is 2. The highest BCUT2D eigenvalue weighted by atomic mass is 79.9. The van der Waals surface area contributed by atoms with Crippen molar-refractivity contribution >= 4 is 33.3 Å². The second-order valence-corrected chi connectivity index (χ2v) is 5.45. The quantitative estimate of drug-likeness (QED) is 0.878. The fourth-order valence-electron chi connectivity index (χ4n) is 2.47. The average molecular weight is 297 g/mol. The molecule has 2 aliphatic rings. The van der Waals surface area contributed by atoms with Crippen LogP contribution in [0, 0.1) is 5.92 Å². The molecule has 1 saturated carbocycles. The summed E-state index contributed by atoms with van der Waals surface area (Å²) >= 11 is 3.45. The first-order valence-electron chi connectivity index (χ1n) is 5.69. The first-order valence-corrected chi connectivity index (χ1v) is 6.49. The van der Waals surface area contributed by atoms with Crippen molar-refractivity contribution in [1.29, 1.82) is 0 Å². The fraction of sp³-hybridized carbons (Fsp3) is 0.417. The van der Waals surface area contributed by atoms with Crippen LogP contribution in [0.1, 0.15) is 6.42 Å². The van der Waals surface area contributed by atoms with Crippen LogP contribution in [0.25, 0.3) is 0 Å². The molecule has 2 N–H and O–H groups in total. The minimum absolute atomic E-state index is 0.175. The monoisotopic (exact) mass is 296 g/mol. The predicted octanol–water partition coefficient (Wildman–Crippen LogP) is 2.15. The Bertz CT molecular complexity index is 478. The standard InChI is InChI=1S/C12H13BrN2O2/c13-7-1-2-10-9(5-7)14-3-4-15(10)11-6-8(11)12(16)17/h1-2,5,8,11,14H,3-4,6H2,(H,16,17). The highest BCUT2D eigenvalue weighted by molar-refractivity contribution is 9.10. The van der Waals surface area contributed by atoms with Crippen LogP contribution < -0.4 is 10.2 Å². The van der Waals surface area contributed by atoms with Gasteiger partial charge in [-0.1, -0.05) is 15.9 Å². The molecule has 1 aromatic carbocycles. The van der Waals surface area contributed by atoms with Gasteiger partial charge in [-0.05, 0) is 24.6 Å². The summed E-state index contributed by atoms with van der Waals surface area (Å²) in [7, 11) is 0. The molecule has 90 valence electrons. The lowest BCUT2D eigenvalue weighted by atomic mass is 10.2. The molecule has 17 heavy (non-hydrogen) atoms. The number of anilines is 2. The van der Waals surface area contributed by atoms with Crippen LogP contribution in [0.5, 0.6) is 0 Å². The summed E-state index contributed by atoms with van der Waals surface area (Å²) in [5.41, 5.74) is 2.20. The lowest BCUT2D eigenvalue weighted by Gasteiger charge is -2.32. The van der Waals surface area contributed by atoms with Gasteiger partial charge in [-0.2, -0.15) is 0 Å². The van der Waals surface area contributed by atoms with E-state index in [0.29, 0.717) is 0 Å². The molecule has 2 unspecified atom stereocenters. The van der Waals surface area contributed by atoms with Gasteiger partial charge in [-0.15, -0.1) is 0 Å². The molecule has 0 bridgehead atoms. The van der Waals surface area contributed by atoms with Gasteiger partial charge < -0.3 is 15.3 Å². The van der Waals surface area contributed by atoms with Gasteiger partial charge in [-0.3, -0.25) is 4.79 Å². The SMILES string of the molecule is O=C(O)C1CC1N1CCNc2cc(Br)ccc21. The molecule has 0 spiro atoms. The van der Waals surface area contributed by atoms with Gasteiger partial charge in [0.1, 0.15) is 0 Å². The minimum Gasteiger partial charge on any atom is -0.481 e. The summed E-state index contributed by atoms with van der Waals surface area (Å²) in [5.74, 6) is -0.864. The molecule has 1 heterocycles. The van der Waals surface area contributed by atoms with Gasteiger partial charge in [0.25, 0.3) is 0 Å². The van der Waals surface area contributed by atoms with E-state index >= 15 is 0 Å². The topological polar surface area (TPSA) is 52.6 Å². The van der Waals surface area contributed by atoms with Crippen LogP contribution in [0.2, 0.25) is 0 Å². The molecule has 1 aliphatic carbocycles. The number of nitrogens with one attached hydrogen (secondary N) is 1. The van der Waals surface area contributed by atoms with Crippen LogP contribution in [-0.4, -0.2) is 30.2 Å². The summed E-state index contributed by atoms with van der Waals surface area (Å²) in [5, 5.41) is 12.3. The Kier molecular flexibility index (Phi) is 2.50. The largest absolute Gasteiger partial charge is 0.481 e. The number of carboxylic acids is 1. The van der Waals surface area contributed by atoms with Crippen molar-refractivity contribution in [1.82, 2.24) is 0 Å². The van der Waals surface area contributed by atoms with E-state index in [4.69, 9.17) is 5.11 Å². The number of nitrogens with zero attached hydrogens (tertiary/aromatic N) is 1. The number of benzene rings is 1. The Hall–Kier alpha value is -1.23. The molecular weight excluding hydrogens is 284 g/mol. The van der Waals surface area contributed by atoms with Crippen molar-refractivity contribution in [2.75, 3.05) is 23.3 Å². The van der Waals surface area contributed by atoms with Gasteiger partial charge >= 0.3 is 5.97 Å². The Balaban J connectivity index is 1.88. The smallest absolute Gasteiger partial charge is 0.308 e. The zero-order chi connectivity index (χ0) is 12.0. The lowest BCUT2D eigenvalue weighted by Crippen LogP contribution is -2.37. The van der Waals surface area contributed by atoms with E-state index in [1.165, 1.54) is 0 Å². The second kappa shape index (κ2) is 3.91. The zero-order valence-electron chi connectivity index (χ0n) is 9.19. The Labute approximate surface area is 108 Å². The minimum atomic E-state index is -0.674. The van der Waals surface area contributed by atoms with Crippen LogP contribution in [-0.2, 0) is 4.79 Å². The molecule has 4 nitrogen and oxygen atoms in total. The normalized spacial score (nSPS) is 26.1. The van der Waals surface area contributed by atoms with Crippen LogP contribution in [0.15, 0.2) is 22.7 Å². The van der Waals surface area contributed by atoms with E-state index in [9.17, 15) is 4.79 Å². The van der Waals surface area contributed by atoms with E-state index < -0.39 is 5.97 Å². The summed E-state index contributed by atoms with van der Waals surface area (Å²) in [6.45, 7) is 1.75. The first-order chi connectivity index (χ1) is 8.16. The van der Waals surface area contributed by atoms with Gasteiger partial charge in [0.15, 0.2) is 0 Å². The summed E-state index contributed by atoms with van der Waals surface area (Å²) in [4.78, 5) is 13.2. The van der Waals surface area contributed by atoms with Crippen molar-refractivity contribution in [3.8, 4) is 0 Å². The highest BCUT2D eigenvalue weighted by Gasteiger charge is 2.48. The van der Waals surface area contributed by atoms with Crippen molar-refractivity contribution in [2.24, 2.45) is 5.92 Å². The van der Waals surface area contributed by atoms with E-state index in [1.807, 2.05) is 18.2 Å². The van der Waals surface area contributed by atoms with Gasteiger partial charge in [0, 0.05) is 23.6 Å². The number of aliphatic carboxylic acids is 1. The fourth-order valence-corrected chi connectivity index (χ4v) is 2.83. The number of halogens is 1. The average Bonchev–Trinajstić information content (AvgIpc) is 3.07. The van der Waals surface area contributed by atoms with Crippen molar-refractivity contribution in [3.63, 3.8) is 0 Å². The predicted molar refractivity (Wildman–Crippen MR) is 69.5 cm³/mol. The van der Waals surface area contributed by atoms with E-state index in [0.717, 1.165) is 35.4 Å². The molecule has 5 heteroatoms. The zero-order valence-corrected chi connectivity index (χ0v) is 10.8. The molecule has 1 fully saturated rings. The van der Waals surface area contributed by atoms with Crippen LogP contribution >= 0.6 is 15.9 Å². The molecule has 0 amide bonds. The Morgan fingerprint density at radius 2 is 2.35 bits per heavy atom. The van der Waals surface area contributed by atoms with Crippen molar-refractivity contribution in [2.45, 2.75) is 12.5 Å². The lowest BCUT2D eigenvalue weighted by molar-refractivity contribution is -0.138. The third kappa shape index (κ3) is 1.88. The summed E-state index contributed by atoms with van der Waals surface area (Å²) < 4.78 is 1.04. The molecule has 1 aliphatic heterocycles. The molecular formula is C12H13BrN2O2. The first kappa shape index (κ1) is 10.9. The number of carboxylic acid groups (broad SMARTS) is 1.